The van der Waals surface area contributed by atoms with Crippen LogP contribution in [0.25, 0.3) is 0 Å². The number of aliphatic hydroxyl groups excluding tert-OH is 3. The number of carbonyl (C=O) groups excluding carboxylic acids is 3. The highest BCUT2D eigenvalue weighted by atomic mass is 16.6. The molecule has 3 amide bonds. The molecule has 2 heterocycles. The first-order valence-electron chi connectivity index (χ1n) is 8.40. The van der Waals surface area contributed by atoms with Gasteiger partial charge in [-0.1, -0.05) is 0 Å². The summed E-state index contributed by atoms with van der Waals surface area (Å²) in [6.45, 7) is 1.21. The van der Waals surface area contributed by atoms with E-state index in [9.17, 15) is 39.6 Å². The van der Waals surface area contributed by atoms with E-state index in [1.54, 1.807) is 0 Å². The molecule has 2 saturated heterocycles. The summed E-state index contributed by atoms with van der Waals surface area (Å²) in [7, 11) is 0. The maximum Gasteiger partial charge on any atom is 0.357 e. The second-order valence-electron chi connectivity index (χ2n) is 6.59. The van der Waals surface area contributed by atoms with Gasteiger partial charge in [-0.05, 0) is 6.92 Å². The number of hydrogen-bond donors (Lipinski definition) is 6. The lowest BCUT2D eigenvalue weighted by Gasteiger charge is -2.46. The minimum atomic E-state index is -2.45. The van der Waals surface area contributed by atoms with E-state index in [1.807, 2.05) is 0 Å². The molecule has 2 aliphatic rings. The van der Waals surface area contributed by atoms with Gasteiger partial charge in [-0.2, -0.15) is 0 Å². The number of urea groups is 1. The van der Waals surface area contributed by atoms with E-state index in [2.05, 4.69) is 10.6 Å². The molecular formula is C15H23N3O10. The molecule has 0 spiro atoms. The average molecular weight is 405 g/mol. The van der Waals surface area contributed by atoms with Gasteiger partial charge in [0.05, 0.1) is 6.61 Å². The van der Waals surface area contributed by atoms with Crippen molar-refractivity contribution in [2.24, 2.45) is 0 Å². The predicted octanol–water partition coefficient (Wildman–Crippen LogP) is -3.66. The van der Waals surface area contributed by atoms with Crippen molar-refractivity contribution in [1.82, 2.24) is 15.5 Å². The van der Waals surface area contributed by atoms with Crippen molar-refractivity contribution in [2.75, 3.05) is 13.2 Å². The Balaban J connectivity index is 2.43. The molecule has 7 atom stereocenters. The Labute approximate surface area is 159 Å². The van der Waals surface area contributed by atoms with Crippen LogP contribution >= 0.6 is 0 Å². The molecule has 158 valence electrons. The van der Waals surface area contributed by atoms with Crippen LogP contribution in [0.1, 0.15) is 13.8 Å². The molecule has 0 aliphatic carbocycles. The van der Waals surface area contributed by atoms with Crippen LogP contribution in [0.5, 0.6) is 0 Å². The van der Waals surface area contributed by atoms with Crippen LogP contribution in [0.3, 0.4) is 0 Å². The molecule has 0 aromatic rings. The fraction of sp³-hybridized carbons (Fsp3) is 0.733. The second-order valence-corrected chi connectivity index (χ2v) is 6.59. The largest absolute Gasteiger partial charge is 0.478 e. The topological polar surface area (TPSA) is 195 Å². The number of hydrogen-bond acceptors (Lipinski definition) is 9. The highest BCUT2D eigenvalue weighted by Gasteiger charge is 2.56. The van der Waals surface area contributed by atoms with Gasteiger partial charge in [0.25, 0.3) is 0 Å². The molecule has 6 N–H and O–H groups in total. The predicted molar refractivity (Wildman–Crippen MR) is 87.6 cm³/mol. The molecule has 0 radical (unpaired) electrons. The van der Waals surface area contributed by atoms with E-state index in [-0.39, 0.29) is 6.54 Å². The lowest BCUT2D eigenvalue weighted by molar-refractivity contribution is -0.289. The standard InChI is InChI=1S/C15H23N3O10/c1-6(21)17-9-11(10(22)8(5-20)27-12(9)23)28-15(2,13(24)25)18-7(4-19)3-16-14(18)26/h4,7-12,20,22-23H,3,5H2,1-2H3,(H,16,26)(H,17,21)(H,24,25)/t7?,8-,9-,10-,11-,12+,15?/m1/s1. The number of nitrogens with zero attached hydrogens (tertiary/aromatic N) is 1. The van der Waals surface area contributed by atoms with E-state index in [0.717, 1.165) is 13.8 Å². The molecule has 28 heavy (non-hydrogen) atoms. The van der Waals surface area contributed by atoms with Crippen LogP contribution in [0.4, 0.5) is 4.79 Å². The Morgan fingerprint density at radius 1 is 1.46 bits per heavy atom. The van der Waals surface area contributed by atoms with Gasteiger partial charge in [0.2, 0.25) is 11.6 Å². The Bertz CT molecular complexity index is 646. The summed E-state index contributed by atoms with van der Waals surface area (Å²) in [5.74, 6) is -2.30. The number of aliphatic hydroxyl groups is 3. The van der Waals surface area contributed by atoms with Crippen LogP contribution in [0, 0.1) is 0 Å². The number of aldehydes is 1. The average Bonchev–Trinajstić information content (AvgIpc) is 3.01. The Morgan fingerprint density at radius 2 is 2.11 bits per heavy atom. The first kappa shape index (κ1) is 22.0. The molecule has 2 unspecified atom stereocenters. The monoisotopic (exact) mass is 405 g/mol. The van der Waals surface area contributed by atoms with E-state index in [4.69, 9.17) is 9.47 Å². The van der Waals surface area contributed by atoms with Crippen molar-refractivity contribution < 1.29 is 49.1 Å². The molecule has 0 saturated carbocycles. The van der Waals surface area contributed by atoms with Gasteiger partial charge in [-0.25, -0.2) is 9.59 Å². The smallest absolute Gasteiger partial charge is 0.357 e. The van der Waals surface area contributed by atoms with Gasteiger partial charge < -0.3 is 45.3 Å². The molecule has 0 aromatic heterocycles. The Kier molecular flexibility index (Phi) is 6.56. The van der Waals surface area contributed by atoms with E-state index < -0.39 is 66.9 Å². The number of carboxylic acids is 1. The van der Waals surface area contributed by atoms with Gasteiger partial charge in [-0.3, -0.25) is 9.69 Å². The summed E-state index contributed by atoms with van der Waals surface area (Å²) in [6, 6.07) is -3.48. The maximum absolute atomic E-state index is 12.1. The van der Waals surface area contributed by atoms with Gasteiger partial charge in [0.1, 0.15) is 36.7 Å². The molecule has 0 bridgehead atoms. The molecule has 2 rings (SSSR count). The number of amides is 3. The van der Waals surface area contributed by atoms with Crippen molar-refractivity contribution in [2.45, 2.75) is 56.3 Å². The van der Waals surface area contributed by atoms with Crippen molar-refractivity contribution >= 4 is 24.2 Å². The second kappa shape index (κ2) is 8.36. The molecule has 13 heteroatoms. The lowest BCUT2D eigenvalue weighted by Crippen LogP contribution is -2.69. The number of carboxylic acid groups (broad SMARTS) is 1. The first-order chi connectivity index (χ1) is 13.1. The lowest BCUT2D eigenvalue weighted by atomic mass is 9.96. The van der Waals surface area contributed by atoms with Crippen molar-refractivity contribution in [3.63, 3.8) is 0 Å². The zero-order chi connectivity index (χ0) is 21.2. The van der Waals surface area contributed by atoms with Crippen LogP contribution in [-0.2, 0) is 23.9 Å². The summed E-state index contributed by atoms with van der Waals surface area (Å²) >= 11 is 0. The van der Waals surface area contributed by atoms with Gasteiger partial charge >= 0.3 is 12.0 Å². The number of aliphatic carboxylic acids is 1. The van der Waals surface area contributed by atoms with Crippen LogP contribution in [-0.4, -0.2) is 105 Å². The first-order valence-corrected chi connectivity index (χ1v) is 8.40. The van der Waals surface area contributed by atoms with Crippen LogP contribution < -0.4 is 10.6 Å². The third-order valence-corrected chi connectivity index (χ3v) is 4.63. The SMILES string of the molecule is CC(=O)N[C@@H]1[C@@H](OC(C)(C(=O)O)N2C(=O)NCC2C=O)[C@H](O)[C@@H](CO)O[C@@H]1O. The van der Waals surface area contributed by atoms with E-state index in [0.29, 0.717) is 11.2 Å². The third-order valence-electron chi connectivity index (χ3n) is 4.63. The van der Waals surface area contributed by atoms with Gasteiger partial charge in [0, 0.05) is 13.5 Å². The quantitative estimate of drug-likeness (QED) is 0.230. The highest BCUT2D eigenvalue weighted by molar-refractivity contribution is 5.89. The molecular weight excluding hydrogens is 382 g/mol. The summed E-state index contributed by atoms with van der Waals surface area (Å²) in [6.07, 6.45) is -6.02. The summed E-state index contributed by atoms with van der Waals surface area (Å²) in [5.41, 5.74) is -2.45. The number of carbonyl (C=O) groups is 4. The molecule has 2 aliphatic heterocycles. The van der Waals surface area contributed by atoms with Gasteiger partial charge in [0.15, 0.2) is 6.29 Å². The number of nitrogens with one attached hydrogen (secondary N) is 2. The number of ether oxygens (including phenoxy) is 2. The minimum absolute atomic E-state index is 0.151. The normalized spacial score (nSPS) is 35.0. The van der Waals surface area contributed by atoms with Crippen molar-refractivity contribution in [3.8, 4) is 0 Å². The number of rotatable bonds is 7. The fourth-order valence-corrected chi connectivity index (χ4v) is 3.23. The zero-order valence-corrected chi connectivity index (χ0v) is 15.1. The zero-order valence-electron chi connectivity index (χ0n) is 15.1. The van der Waals surface area contributed by atoms with Crippen molar-refractivity contribution in [3.05, 3.63) is 0 Å². The van der Waals surface area contributed by atoms with E-state index >= 15 is 0 Å². The molecule has 13 nitrogen and oxygen atoms in total. The van der Waals surface area contributed by atoms with Gasteiger partial charge in [-0.15, -0.1) is 0 Å². The van der Waals surface area contributed by atoms with Crippen LogP contribution in [0.15, 0.2) is 0 Å². The Hall–Kier alpha value is -2.32. The highest BCUT2D eigenvalue weighted by Crippen LogP contribution is 2.31. The third kappa shape index (κ3) is 3.93. The minimum Gasteiger partial charge on any atom is -0.478 e. The maximum atomic E-state index is 12.1. The van der Waals surface area contributed by atoms with Crippen molar-refractivity contribution in [1.29, 1.82) is 0 Å². The molecule has 0 aromatic carbocycles. The Morgan fingerprint density at radius 3 is 2.61 bits per heavy atom. The summed E-state index contributed by atoms with van der Waals surface area (Å²) in [4.78, 5) is 47.5. The van der Waals surface area contributed by atoms with E-state index in [1.165, 1.54) is 0 Å². The fourth-order valence-electron chi connectivity index (χ4n) is 3.23. The summed E-state index contributed by atoms with van der Waals surface area (Å²) in [5, 5.41) is 44.2. The molecule has 2 fully saturated rings. The van der Waals surface area contributed by atoms with Crippen LogP contribution in [0.2, 0.25) is 0 Å². The summed E-state index contributed by atoms with van der Waals surface area (Å²) < 4.78 is 10.6.